The van der Waals surface area contributed by atoms with Gasteiger partial charge in [0.2, 0.25) is 0 Å². The van der Waals surface area contributed by atoms with Crippen LogP contribution in [-0.2, 0) is 0 Å². The number of unbranched alkanes of at least 4 members (excludes halogenated alkanes) is 3. The van der Waals surface area contributed by atoms with Gasteiger partial charge in [-0.3, -0.25) is 0 Å². The maximum absolute atomic E-state index is 8.57. The number of aliphatic hydroxyl groups is 1. The van der Waals surface area contributed by atoms with E-state index in [0.29, 0.717) is 6.61 Å². The van der Waals surface area contributed by atoms with Crippen LogP contribution in [0.1, 0.15) is 32.6 Å². The third kappa shape index (κ3) is 6.62. The van der Waals surface area contributed by atoms with E-state index in [9.17, 15) is 0 Å². The second-order valence-corrected chi connectivity index (χ2v) is 4.11. The molecule has 2 nitrogen and oxygen atoms in total. The summed E-state index contributed by atoms with van der Waals surface area (Å²) in [6.45, 7) is 5.06. The number of quaternary nitrogens is 1. The lowest BCUT2D eigenvalue weighted by Crippen LogP contribution is -2.39. The van der Waals surface area contributed by atoms with Gasteiger partial charge in [0.1, 0.15) is 0 Å². The molecule has 0 aromatic heterocycles. The fourth-order valence-corrected chi connectivity index (χ4v) is 1.16. The lowest BCUT2D eigenvalue weighted by Gasteiger charge is -2.28. The minimum atomic E-state index is 0.353. The molecule has 0 aromatic carbocycles. The average Bonchev–Trinajstić information content (AvgIpc) is 2.04. The summed E-state index contributed by atoms with van der Waals surface area (Å²) in [6.07, 6.45) is 4.71. The Balaban J connectivity index is 3.19. The molecule has 0 atom stereocenters. The first-order chi connectivity index (χ1) is 5.62. The molecule has 2 heteroatoms. The summed E-state index contributed by atoms with van der Waals surface area (Å²) >= 11 is 0. The average molecular weight is 174 g/mol. The smallest absolute Gasteiger partial charge is 0.0782 e. The van der Waals surface area contributed by atoms with Gasteiger partial charge in [-0.05, 0) is 26.2 Å². The normalized spacial score (nSPS) is 12.0. The molecule has 74 valence electrons. The molecule has 0 aliphatic carbocycles. The first kappa shape index (κ1) is 11.9. The Hall–Kier alpha value is -0.0800. The summed E-state index contributed by atoms with van der Waals surface area (Å²) in [6, 6.07) is 0. The topological polar surface area (TPSA) is 20.2 Å². The Kier molecular flexibility index (Phi) is 6.39. The molecule has 0 aliphatic heterocycles. The highest BCUT2D eigenvalue weighted by Crippen LogP contribution is 2.04. The highest BCUT2D eigenvalue weighted by molar-refractivity contribution is 4.41. The number of rotatable bonds is 7. The summed E-state index contributed by atoms with van der Waals surface area (Å²) in [4.78, 5) is 0. The molecular weight excluding hydrogens is 150 g/mol. The van der Waals surface area contributed by atoms with E-state index < -0.39 is 0 Å². The molecule has 0 aromatic rings. The Morgan fingerprint density at radius 3 is 2.08 bits per heavy atom. The van der Waals surface area contributed by atoms with E-state index in [4.69, 9.17) is 5.11 Å². The first-order valence-electron chi connectivity index (χ1n) is 5.05. The summed E-state index contributed by atoms with van der Waals surface area (Å²) in [5.74, 6) is 0. The number of aliphatic hydroxyl groups excluding tert-OH is 1. The summed E-state index contributed by atoms with van der Waals surface area (Å²) in [7, 11) is 4.54. The molecule has 0 amide bonds. The van der Waals surface area contributed by atoms with E-state index in [-0.39, 0.29) is 0 Å². The van der Waals surface area contributed by atoms with Crippen LogP contribution in [-0.4, -0.2) is 43.4 Å². The van der Waals surface area contributed by atoms with Gasteiger partial charge >= 0.3 is 0 Å². The van der Waals surface area contributed by atoms with Crippen molar-refractivity contribution in [2.24, 2.45) is 0 Å². The number of hydrogen-bond acceptors (Lipinski definition) is 1. The lowest BCUT2D eigenvalue weighted by atomic mass is 10.2. The number of hydrogen-bond donors (Lipinski definition) is 1. The summed E-state index contributed by atoms with van der Waals surface area (Å²) < 4.78 is 1.12. The Bertz CT molecular complexity index is 102. The predicted molar refractivity (Wildman–Crippen MR) is 53.1 cm³/mol. The van der Waals surface area contributed by atoms with E-state index in [1.807, 2.05) is 0 Å². The molecule has 0 saturated heterocycles. The highest BCUT2D eigenvalue weighted by Gasteiger charge is 2.09. The van der Waals surface area contributed by atoms with Gasteiger partial charge in [-0.2, -0.15) is 0 Å². The molecule has 1 N–H and O–H groups in total. The quantitative estimate of drug-likeness (QED) is 0.459. The van der Waals surface area contributed by atoms with Gasteiger partial charge in [0.25, 0.3) is 0 Å². The van der Waals surface area contributed by atoms with Gasteiger partial charge in [-0.1, -0.05) is 6.42 Å². The molecule has 0 spiro atoms. The summed E-state index contributed by atoms with van der Waals surface area (Å²) in [5.41, 5.74) is 0. The molecule has 0 fully saturated rings. The molecule has 0 radical (unpaired) electrons. The molecular formula is C10H24NO+. The zero-order valence-electron chi connectivity index (χ0n) is 8.84. The molecule has 0 aliphatic rings. The Morgan fingerprint density at radius 2 is 1.58 bits per heavy atom. The molecule has 0 saturated carbocycles. The number of nitrogens with zero attached hydrogens (tertiary/aromatic N) is 1. The zero-order chi connectivity index (χ0) is 9.45. The van der Waals surface area contributed by atoms with Crippen molar-refractivity contribution in [3.63, 3.8) is 0 Å². The van der Waals surface area contributed by atoms with Crippen LogP contribution < -0.4 is 0 Å². The van der Waals surface area contributed by atoms with Crippen LogP contribution >= 0.6 is 0 Å². The van der Waals surface area contributed by atoms with Crippen LogP contribution in [0.15, 0.2) is 0 Å². The fourth-order valence-electron chi connectivity index (χ4n) is 1.16. The van der Waals surface area contributed by atoms with E-state index in [1.54, 1.807) is 0 Å². The van der Waals surface area contributed by atoms with Crippen molar-refractivity contribution >= 4 is 0 Å². The van der Waals surface area contributed by atoms with Crippen LogP contribution in [0.3, 0.4) is 0 Å². The Morgan fingerprint density at radius 1 is 1.00 bits per heavy atom. The third-order valence-corrected chi connectivity index (χ3v) is 2.53. The largest absolute Gasteiger partial charge is 0.396 e. The van der Waals surface area contributed by atoms with E-state index in [1.165, 1.54) is 32.4 Å². The summed E-state index contributed by atoms with van der Waals surface area (Å²) in [5, 5.41) is 8.57. The van der Waals surface area contributed by atoms with Crippen molar-refractivity contribution in [3.05, 3.63) is 0 Å². The van der Waals surface area contributed by atoms with Gasteiger partial charge in [-0.15, -0.1) is 0 Å². The molecule has 0 rings (SSSR count). The molecule has 0 heterocycles. The Labute approximate surface area is 76.8 Å². The zero-order valence-corrected chi connectivity index (χ0v) is 8.84. The maximum atomic E-state index is 8.57. The van der Waals surface area contributed by atoms with Crippen LogP contribution in [0, 0.1) is 0 Å². The monoisotopic (exact) mass is 174 g/mol. The predicted octanol–water partition coefficient (Wildman–Crippen LogP) is 1.64. The van der Waals surface area contributed by atoms with Crippen molar-refractivity contribution in [3.8, 4) is 0 Å². The fraction of sp³-hybridized carbons (Fsp3) is 1.00. The van der Waals surface area contributed by atoms with Gasteiger partial charge in [-0.25, -0.2) is 0 Å². The SMILES string of the molecule is CC[N+](C)(C)CCCCCCO. The van der Waals surface area contributed by atoms with Crippen molar-refractivity contribution in [2.45, 2.75) is 32.6 Å². The van der Waals surface area contributed by atoms with E-state index in [2.05, 4.69) is 21.0 Å². The maximum Gasteiger partial charge on any atom is 0.0782 e. The van der Waals surface area contributed by atoms with Crippen LogP contribution in [0.5, 0.6) is 0 Å². The minimum absolute atomic E-state index is 0.353. The minimum Gasteiger partial charge on any atom is -0.396 e. The van der Waals surface area contributed by atoms with Gasteiger partial charge in [0, 0.05) is 6.61 Å². The van der Waals surface area contributed by atoms with Crippen LogP contribution in [0.4, 0.5) is 0 Å². The van der Waals surface area contributed by atoms with Gasteiger partial charge < -0.3 is 9.59 Å². The van der Waals surface area contributed by atoms with Crippen molar-refractivity contribution in [2.75, 3.05) is 33.8 Å². The second kappa shape index (κ2) is 6.44. The highest BCUT2D eigenvalue weighted by atomic mass is 16.2. The van der Waals surface area contributed by atoms with Gasteiger partial charge in [0.05, 0.1) is 27.2 Å². The van der Waals surface area contributed by atoms with Crippen molar-refractivity contribution in [1.29, 1.82) is 0 Å². The third-order valence-electron chi connectivity index (χ3n) is 2.53. The lowest BCUT2D eigenvalue weighted by molar-refractivity contribution is -0.888. The van der Waals surface area contributed by atoms with Crippen molar-refractivity contribution < 1.29 is 9.59 Å². The van der Waals surface area contributed by atoms with E-state index >= 15 is 0 Å². The van der Waals surface area contributed by atoms with Gasteiger partial charge in [0.15, 0.2) is 0 Å². The van der Waals surface area contributed by atoms with Crippen LogP contribution in [0.25, 0.3) is 0 Å². The molecule has 0 bridgehead atoms. The van der Waals surface area contributed by atoms with Crippen molar-refractivity contribution in [1.82, 2.24) is 0 Å². The van der Waals surface area contributed by atoms with Crippen LogP contribution in [0.2, 0.25) is 0 Å². The molecule has 0 unspecified atom stereocenters. The second-order valence-electron chi connectivity index (χ2n) is 4.11. The van der Waals surface area contributed by atoms with E-state index in [0.717, 1.165) is 10.9 Å². The first-order valence-corrected chi connectivity index (χ1v) is 5.05. The standard InChI is InChI=1S/C10H24NO/c1-4-11(2,3)9-7-5-6-8-10-12/h12H,4-10H2,1-3H3/q+1. The molecule has 12 heavy (non-hydrogen) atoms.